The van der Waals surface area contributed by atoms with Gasteiger partial charge in [-0.25, -0.2) is 9.31 Å². The molecule has 8 heteroatoms. The number of ether oxygens (including phenoxy) is 1. The second-order valence-corrected chi connectivity index (χ2v) is 10.6. The monoisotopic (exact) mass is 475 g/mol. The standard InChI is InChI=1S/C27H33N5O3/c1-17-16-32-24(18(2)28-17)15-23(29-32)20-6-7-22-19(14-20)8-13-31(25(22)33)21-9-11-30(12-10-21)26(34)35-27(3,4)5/h6-7,14-16,21H,8-13H2,1-5H3. The number of hydrogen-bond acceptors (Lipinski definition) is 5. The molecule has 0 unspecified atom stereocenters. The lowest BCUT2D eigenvalue weighted by Crippen LogP contribution is -2.51. The number of hydrogen-bond donors (Lipinski definition) is 0. The number of benzene rings is 1. The summed E-state index contributed by atoms with van der Waals surface area (Å²) in [6.45, 7) is 11.5. The Labute approximate surface area is 205 Å². The fourth-order valence-electron chi connectivity index (χ4n) is 5.13. The maximum absolute atomic E-state index is 13.4. The lowest BCUT2D eigenvalue weighted by Gasteiger charge is -2.40. The highest BCUT2D eigenvalue weighted by Gasteiger charge is 2.34. The maximum atomic E-state index is 13.4. The van der Waals surface area contributed by atoms with Crippen LogP contribution in [-0.2, 0) is 11.2 Å². The second kappa shape index (κ2) is 8.66. The summed E-state index contributed by atoms with van der Waals surface area (Å²) in [7, 11) is 0. The van der Waals surface area contributed by atoms with E-state index < -0.39 is 5.60 Å². The van der Waals surface area contributed by atoms with Gasteiger partial charge < -0.3 is 14.5 Å². The van der Waals surface area contributed by atoms with E-state index in [4.69, 9.17) is 9.84 Å². The summed E-state index contributed by atoms with van der Waals surface area (Å²) in [5.74, 6) is 0.0826. The van der Waals surface area contributed by atoms with Crippen LogP contribution in [0, 0.1) is 13.8 Å². The minimum absolute atomic E-state index is 0.0826. The molecule has 2 aromatic heterocycles. The molecule has 0 atom stereocenters. The number of aromatic nitrogens is 3. The number of carbonyl (C=O) groups is 2. The molecule has 2 aliphatic heterocycles. The van der Waals surface area contributed by atoms with Crippen LogP contribution in [-0.4, -0.2) is 67.7 Å². The van der Waals surface area contributed by atoms with Crippen molar-refractivity contribution in [1.82, 2.24) is 24.4 Å². The summed E-state index contributed by atoms with van der Waals surface area (Å²) < 4.78 is 7.38. The molecule has 35 heavy (non-hydrogen) atoms. The molecule has 4 heterocycles. The van der Waals surface area contributed by atoms with Crippen LogP contribution >= 0.6 is 0 Å². The number of nitrogens with zero attached hydrogens (tertiary/aromatic N) is 5. The summed E-state index contributed by atoms with van der Waals surface area (Å²) in [6.07, 6.45) is 4.01. The van der Waals surface area contributed by atoms with Crippen LogP contribution in [0.2, 0.25) is 0 Å². The Kier molecular flexibility index (Phi) is 5.77. The average molecular weight is 476 g/mol. The molecular formula is C27H33N5O3. The zero-order valence-corrected chi connectivity index (χ0v) is 21.2. The molecule has 0 radical (unpaired) electrons. The SMILES string of the molecule is Cc1cn2nc(-c3ccc4c(c3)CCN(C3CCN(C(=O)OC(C)(C)C)CC3)C4=O)cc2c(C)n1. The van der Waals surface area contributed by atoms with Crippen molar-refractivity contribution in [2.24, 2.45) is 0 Å². The van der Waals surface area contributed by atoms with Gasteiger partial charge in [-0.05, 0) is 77.6 Å². The van der Waals surface area contributed by atoms with Gasteiger partial charge in [0.2, 0.25) is 0 Å². The van der Waals surface area contributed by atoms with Crippen LogP contribution in [0.25, 0.3) is 16.8 Å². The van der Waals surface area contributed by atoms with E-state index in [1.807, 2.05) is 62.4 Å². The number of fused-ring (bicyclic) bond motifs is 2. The van der Waals surface area contributed by atoms with Crippen LogP contribution in [0.3, 0.4) is 0 Å². The van der Waals surface area contributed by atoms with Crippen molar-refractivity contribution < 1.29 is 14.3 Å². The van der Waals surface area contributed by atoms with Crippen molar-refractivity contribution in [3.63, 3.8) is 0 Å². The van der Waals surface area contributed by atoms with E-state index in [9.17, 15) is 9.59 Å². The van der Waals surface area contributed by atoms with Gasteiger partial charge in [-0.2, -0.15) is 5.10 Å². The van der Waals surface area contributed by atoms with Crippen molar-refractivity contribution in [2.75, 3.05) is 19.6 Å². The van der Waals surface area contributed by atoms with Crippen LogP contribution in [0.4, 0.5) is 4.79 Å². The lowest BCUT2D eigenvalue weighted by atomic mass is 9.93. The Morgan fingerprint density at radius 3 is 2.54 bits per heavy atom. The molecule has 184 valence electrons. The number of aryl methyl sites for hydroxylation is 2. The third-order valence-corrected chi connectivity index (χ3v) is 6.83. The van der Waals surface area contributed by atoms with E-state index in [1.165, 1.54) is 0 Å². The Balaban J connectivity index is 1.29. The molecule has 0 spiro atoms. The zero-order chi connectivity index (χ0) is 24.9. The molecule has 5 rings (SSSR count). The summed E-state index contributed by atoms with van der Waals surface area (Å²) in [5, 5.41) is 4.74. The van der Waals surface area contributed by atoms with Crippen molar-refractivity contribution >= 4 is 17.5 Å². The van der Waals surface area contributed by atoms with Crippen LogP contribution in [0.1, 0.15) is 60.9 Å². The van der Waals surface area contributed by atoms with Crippen molar-refractivity contribution in [3.8, 4) is 11.3 Å². The Morgan fingerprint density at radius 2 is 1.83 bits per heavy atom. The molecule has 0 saturated carbocycles. The van der Waals surface area contributed by atoms with Gasteiger partial charge in [0, 0.05) is 36.8 Å². The Morgan fingerprint density at radius 1 is 1.09 bits per heavy atom. The number of amides is 2. The summed E-state index contributed by atoms with van der Waals surface area (Å²) in [5.41, 5.74) is 6.09. The molecule has 0 N–H and O–H groups in total. The quantitative estimate of drug-likeness (QED) is 0.549. The van der Waals surface area contributed by atoms with E-state index >= 15 is 0 Å². The first-order valence-corrected chi connectivity index (χ1v) is 12.3. The molecule has 2 aliphatic rings. The fraction of sp³-hybridized carbons (Fsp3) is 0.481. The van der Waals surface area contributed by atoms with E-state index in [2.05, 4.69) is 17.1 Å². The summed E-state index contributed by atoms with van der Waals surface area (Å²) >= 11 is 0. The summed E-state index contributed by atoms with van der Waals surface area (Å²) in [6, 6.07) is 8.23. The number of rotatable bonds is 2. The van der Waals surface area contributed by atoms with Crippen LogP contribution < -0.4 is 0 Å². The highest BCUT2D eigenvalue weighted by molar-refractivity contribution is 5.97. The lowest BCUT2D eigenvalue weighted by molar-refractivity contribution is 0.0144. The predicted molar refractivity (Wildman–Crippen MR) is 133 cm³/mol. The van der Waals surface area contributed by atoms with Crippen molar-refractivity contribution in [1.29, 1.82) is 0 Å². The minimum atomic E-state index is -0.503. The molecule has 1 aromatic carbocycles. The topological polar surface area (TPSA) is 80.0 Å². The molecular weight excluding hydrogens is 442 g/mol. The third kappa shape index (κ3) is 4.61. The van der Waals surface area contributed by atoms with E-state index in [-0.39, 0.29) is 18.0 Å². The number of likely N-dealkylation sites (tertiary alicyclic amines) is 1. The van der Waals surface area contributed by atoms with Gasteiger partial charge in [0.05, 0.1) is 28.8 Å². The Hall–Kier alpha value is -3.42. The normalized spacial score (nSPS) is 17.1. The Bertz CT molecular complexity index is 1300. The van der Waals surface area contributed by atoms with Gasteiger partial charge in [0.15, 0.2) is 0 Å². The highest BCUT2D eigenvalue weighted by Crippen LogP contribution is 2.30. The molecule has 0 bridgehead atoms. The van der Waals surface area contributed by atoms with Gasteiger partial charge in [-0.15, -0.1) is 0 Å². The molecule has 1 saturated heterocycles. The predicted octanol–water partition coefficient (Wildman–Crippen LogP) is 4.41. The number of piperidine rings is 1. The van der Waals surface area contributed by atoms with Crippen LogP contribution in [0.5, 0.6) is 0 Å². The van der Waals surface area contributed by atoms with Gasteiger partial charge in [-0.3, -0.25) is 9.78 Å². The molecule has 1 fully saturated rings. The zero-order valence-electron chi connectivity index (χ0n) is 21.2. The van der Waals surface area contributed by atoms with Gasteiger partial charge in [0.25, 0.3) is 5.91 Å². The first-order chi connectivity index (χ1) is 16.6. The maximum Gasteiger partial charge on any atom is 0.410 e. The molecule has 2 amide bonds. The molecule has 8 nitrogen and oxygen atoms in total. The van der Waals surface area contributed by atoms with E-state index in [1.54, 1.807) is 4.90 Å². The van der Waals surface area contributed by atoms with Crippen LogP contribution in [0.15, 0.2) is 30.5 Å². The summed E-state index contributed by atoms with van der Waals surface area (Å²) in [4.78, 5) is 34.0. The second-order valence-electron chi connectivity index (χ2n) is 10.6. The average Bonchev–Trinajstić information content (AvgIpc) is 3.23. The third-order valence-electron chi connectivity index (χ3n) is 6.83. The highest BCUT2D eigenvalue weighted by atomic mass is 16.6. The van der Waals surface area contributed by atoms with Gasteiger partial charge >= 0.3 is 6.09 Å². The minimum Gasteiger partial charge on any atom is -0.444 e. The first kappa shape index (κ1) is 23.3. The number of carbonyl (C=O) groups excluding carboxylic acids is 2. The van der Waals surface area contributed by atoms with Gasteiger partial charge in [-0.1, -0.05) is 6.07 Å². The smallest absolute Gasteiger partial charge is 0.410 e. The van der Waals surface area contributed by atoms with E-state index in [0.717, 1.165) is 58.6 Å². The van der Waals surface area contributed by atoms with Crippen molar-refractivity contribution in [2.45, 2.75) is 65.5 Å². The van der Waals surface area contributed by atoms with Crippen molar-refractivity contribution in [3.05, 3.63) is 53.0 Å². The fourth-order valence-corrected chi connectivity index (χ4v) is 5.13. The van der Waals surface area contributed by atoms with Gasteiger partial charge in [0.1, 0.15) is 5.60 Å². The molecule has 3 aromatic rings. The van der Waals surface area contributed by atoms with E-state index in [0.29, 0.717) is 19.6 Å². The molecule has 0 aliphatic carbocycles. The largest absolute Gasteiger partial charge is 0.444 e. The first-order valence-electron chi connectivity index (χ1n) is 12.3.